The van der Waals surface area contributed by atoms with E-state index in [4.69, 9.17) is 23.2 Å². The van der Waals surface area contributed by atoms with Crippen LogP contribution in [0.5, 0.6) is 0 Å². The fraction of sp³-hybridized carbons (Fsp3) is 0.200. The van der Waals surface area contributed by atoms with Crippen LogP contribution in [0.15, 0.2) is 23.8 Å². The van der Waals surface area contributed by atoms with Crippen molar-refractivity contribution in [1.82, 2.24) is 0 Å². The first-order valence-electron chi connectivity index (χ1n) is 4.21. The van der Waals surface area contributed by atoms with Gasteiger partial charge in [-0.1, -0.05) is 29.3 Å². The van der Waals surface area contributed by atoms with Crippen LogP contribution in [0.1, 0.15) is 12.5 Å². The molecule has 0 heterocycles. The van der Waals surface area contributed by atoms with Crippen LogP contribution in [-0.2, 0) is 0 Å². The molecule has 0 aliphatic carbocycles. The van der Waals surface area contributed by atoms with Crippen molar-refractivity contribution in [3.63, 3.8) is 0 Å². The topological polar surface area (TPSA) is 43.1 Å². The molecule has 0 saturated heterocycles. The van der Waals surface area contributed by atoms with Gasteiger partial charge in [0.1, 0.15) is 5.02 Å². The molecule has 0 aliphatic heterocycles. The van der Waals surface area contributed by atoms with E-state index in [1.165, 1.54) is 12.1 Å². The van der Waals surface area contributed by atoms with E-state index in [1.807, 2.05) is 6.92 Å². The largest absolute Gasteiger partial charge is 0.288 e. The van der Waals surface area contributed by atoms with Crippen LogP contribution in [-0.4, -0.2) is 10.8 Å². The molecule has 0 amide bonds. The summed E-state index contributed by atoms with van der Waals surface area (Å²) in [5.74, 6) is 0.399. The van der Waals surface area contributed by atoms with Crippen LogP contribution < -0.4 is 0 Å². The minimum atomic E-state index is -0.504. The van der Waals surface area contributed by atoms with E-state index in [9.17, 15) is 10.1 Å². The number of nitrogens with zero attached hydrogens (tertiary/aromatic N) is 1. The molecule has 0 saturated carbocycles. The number of nitro groups is 1. The lowest BCUT2D eigenvalue weighted by molar-refractivity contribution is -0.384. The summed E-state index contributed by atoms with van der Waals surface area (Å²) in [5.41, 5.74) is 1.57. The van der Waals surface area contributed by atoms with E-state index in [0.717, 1.165) is 11.1 Å². The van der Waals surface area contributed by atoms with Crippen LogP contribution >= 0.6 is 23.2 Å². The first-order valence-corrected chi connectivity index (χ1v) is 5.13. The number of benzene rings is 1. The highest BCUT2D eigenvalue weighted by Gasteiger charge is 2.11. The minimum absolute atomic E-state index is 0.0900. The third-order valence-corrected chi connectivity index (χ3v) is 2.53. The van der Waals surface area contributed by atoms with Gasteiger partial charge in [-0.15, -0.1) is 11.6 Å². The molecule has 0 N–H and O–H groups in total. The van der Waals surface area contributed by atoms with Crippen molar-refractivity contribution in [3.8, 4) is 0 Å². The zero-order valence-electron chi connectivity index (χ0n) is 8.04. The maximum atomic E-state index is 10.6. The Morgan fingerprint density at radius 3 is 2.80 bits per heavy atom. The molecule has 1 aromatic carbocycles. The van der Waals surface area contributed by atoms with Crippen molar-refractivity contribution >= 4 is 35.0 Å². The Kier molecular flexibility index (Phi) is 4.12. The summed E-state index contributed by atoms with van der Waals surface area (Å²) in [7, 11) is 0. The van der Waals surface area contributed by atoms with Gasteiger partial charge in [-0.3, -0.25) is 10.1 Å². The number of rotatable bonds is 3. The van der Waals surface area contributed by atoms with Gasteiger partial charge in [-0.05, 0) is 18.6 Å². The molecule has 3 nitrogen and oxygen atoms in total. The third-order valence-electron chi connectivity index (χ3n) is 1.79. The predicted octanol–water partition coefficient (Wildman–Crippen LogP) is 3.89. The van der Waals surface area contributed by atoms with E-state index < -0.39 is 4.92 Å². The maximum absolute atomic E-state index is 10.6. The predicted molar refractivity (Wildman–Crippen MR) is 62.5 cm³/mol. The van der Waals surface area contributed by atoms with Crippen LogP contribution in [0.3, 0.4) is 0 Å². The van der Waals surface area contributed by atoms with E-state index in [2.05, 4.69) is 0 Å². The van der Waals surface area contributed by atoms with Gasteiger partial charge in [0.05, 0.1) is 4.92 Å². The van der Waals surface area contributed by atoms with Gasteiger partial charge in [0.15, 0.2) is 0 Å². The lowest BCUT2D eigenvalue weighted by Crippen LogP contribution is -1.90. The number of allylic oxidation sites excluding steroid dienone is 1. The molecule has 0 unspecified atom stereocenters. The van der Waals surface area contributed by atoms with Crippen molar-refractivity contribution in [2.24, 2.45) is 0 Å². The molecule has 80 valence electrons. The van der Waals surface area contributed by atoms with Crippen LogP contribution in [0.4, 0.5) is 5.69 Å². The van der Waals surface area contributed by atoms with Crippen LogP contribution in [0.2, 0.25) is 5.02 Å². The molecule has 0 aliphatic rings. The first kappa shape index (κ1) is 12.0. The molecular weight excluding hydrogens is 237 g/mol. The Balaban J connectivity index is 3.13. The van der Waals surface area contributed by atoms with E-state index in [0.29, 0.717) is 5.88 Å². The highest BCUT2D eigenvalue weighted by Crippen LogP contribution is 2.26. The summed E-state index contributed by atoms with van der Waals surface area (Å²) in [5, 5.41) is 10.7. The lowest BCUT2D eigenvalue weighted by Gasteiger charge is -1.98. The average Bonchev–Trinajstić information content (AvgIpc) is 2.20. The summed E-state index contributed by atoms with van der Waals surface area (Å²) < 4.78 is 0. The third kappa shape index (κ3) is 3.22. The molecule has 15 heavy (non-hydrogen) atoms. The van der Waals surface area contributed by atoms with Crippen molar-refractivity contribution in [2.45, 2.75) is 6.92 Å². The molecule has 0 bridgehead atoms. The second-order valence-corrected chi connectivity index (χ2v) is 3.77. The molecular formula is C10H9Cl2NO2. The maximum Gasteiger partial charge on any atom is 0.288 e. The van der Waals surface area contributed by atoms with Crippen molar-refractivity contribution in [3.05, 3.63) is 44.5 Å². The zero-order chi connectivity index (χ0) is 11.4. The SMILES string of the molecule is CC(=Cc1ccc(Cl)c([N+](=O)[O-])c1)CCl. The van der Waals surface area contributed by atoms with Crippen LogP contribution in [0, 0.1) is 10.1 Å². The Hall–Kier alpha value is -1.06. The summed E-state index contributed by atoms with van der Waals surface area (Å²) >= 11 is 11.3. The normalized spacial score (nSPS) is 11.5. The smallest absolute Gasteiger partial charge is 0.258 e. The van der Waals surface area contributed by atoms with Crippen molar-refractivity contribution < 1.29 is 4.92 Å². The first-order chi connectivity index (χ1) is 7.04. The number of hydrogen-bond donors (Lipinski definition) is 0. The highest BCUT2D eigenvalue weighted by atomic mass is 35.5. The minimum Gasteiger partial charge on any atom is -0.258 e. The number of alkyl halides is 1. The van der Waals surface area contributed by atoms with Gasteiger partial charge >= 0.3 is 0 Å². The number of halogens is 2. The van der Waals surface area contributed by atoms with E-state index >= 15 is 0 Å². The van der Waals surface area contributed by atoms with E-state index in [1.54, 1.807) is 12.1 Å². The standard InChI is InChI=1S/C10H9Cl2NO2/c1-7(6-11)4-8-2-3-9(12)10(5-8)13(14)15/h2-5H,6H2,1H3. The monoisotopic (exact) mass is 245 g/mol. The van der Waals surface area contributed by atoms with Gasteiger partial charge in [-0.25, -0.2) is 0 Å². The summed E-state index contributed by atoms with van der Waals surface area (Å²) in [6.07, 6.45) is 1.79. The Morgan fingerprint density at radius 1 is 1.60 bits per heavy atom. The zero-order valence-corrected chi connectivity index (χ0v) is 9.55. The summed E-state index contributed by atoms with van der Waals surface area (Å²) in [4.78, 5) is 10.1. The lowest BCUT2D eigenvalue weighted by atomic mass is 10.1. The summed E-state index contributed by atoms with van der Waals surface area (Å²) in [6, 6.07) is 4.65. The average molecular weight is 246 g/mol. The Bertz CT molecular complexity index is 416. The molecule has 0 fully saturated rings. The van der Waals surface area contributed by atoms with Gasteiger partial charge in [0.2, 0.25) is 0 Å². The van der Waals surface area contributed by atoms with E-state index in [-0.39, 0.29) is 10.7 Å². The second-order valence-electron chi connectivity index (χ2n) is 3.09. The van der Waals surface area contributed by atoms with Gasteiger partial charge < -0.3 is 0 Å². The second kappa shape index (κ2) is 5.14. The Morgan fingerprint density at radius 2 is 2.27 bits per heavy atom. The molecule has 5 heteroatoms. The molecule has 0 atom stereocenters. The van der Waals surface area contributed by atoms with Crippen LogP contribution in [0.25, 0.3) is 6.08 Å². The van der Waals surface area contributed by atoms with Gasteiger partial charge in [0, 0.05) is 11.9 Å². The quantitative estimate of drug-likeness (QED) is 0.461. The fourth-order valence-electron chi connectivity index (χ4n) is 1.08. The molecule has 1 aromatic rings. The fourth-order valence-corrected chi connectivity index (χ4v) is 1.35. The van der Waals surface area contributed by atoms with Crippen molar-refractivity contribution in [1.29, 1.82) is 0 Å². The molecule has 0 radical (unpaired) electrons. The highest BCUT2D eigenvalue weighted by molar-refractivity contribution is 6.32. The van der Waals surface area contributed by atoms with Gasteiger partial charge in [-0.2, -0.15) is 0 Å². The molecule has 0 aromatic heterocycles. The Labute approximate surface area is 97.5 Å². The van der Waals surface area contributed by atoms with Gasteiger partial charge in [0.25, 0.3) is 5.69 Å². The number of nitro benzene ring substituents is 1. The molecule has 0 spiro atoms. The van der Waals surface area contributed by atoms with Crippen molar-refractivity contribution in [2.75, 3.05) is 5.88 Å². The number of hydrogen-bond acceptors (Lipinski definition) is 2. The summed E-state index contributed by atoms with van der Waals surface area (Å²) in [6.45, 7) is 1.85. The molecule has 1 rings (SSSR count).